The van der Waals surface area contributed by atoms with Gasteiger partial charge in [-0.3, -0.25) is 9.59 Å². The zero-order valence-corrected chi connectivity index (χ0v) is 24.5. The van der Waals surface area contributed by atoms with E-state index in [1.165, 1.54) is 4.90 Å². The minimum absolute atomic E-state index is 0.0218. The minimum Gasteiger partial charge on any atom is -0.446 e. The maximum absolute atomic E-state index is 13.7. The fraction of sp³-hybridized carbons (Fsp3) is 0.690. The van der Waals surface area contributed by atoms with Crippen LogP contribution in [0.3, 0.4) is 0 Å². The first-order valence-electron chi connectivity index (χ1n) is 14.2. The first kappa shape index (κ1) is 29.4. The highest BCUT2D eigenvalue weighted by Crippen LogP contribution is 2.47. The van der Waals surface area contributed by atoms with Crippen LogP contribution in [0.1, 0.15) is 69.8 Å². The Bertz CT molecular complexity index is 1150. The number of piperidine rings is 1. The largest absolute Gasteiger partial charge is 0.446 e. The number of benzene rings is 1. The molecular formula is C29H37Cl2F2N3O4. The SMILES string of the molecule is CN(C(=O)OC1CCC(F)(F)CC1)[C@H]1CN(C(=O)C2CCN(C(=O)C3(C)CC3)CC2)C[C@@H]1c1ccc(Cl)c(Cl)c1. The minimum atomic E-state index is -2.71. The van der Waals surface area contributed by atoms with E-state index in [0.29, 0.717) is 49.1 Å². The van der Waals surface area contributed by atoms with Crippen LogP contribution in [0.4, 0.5) is 13.6 Å². The summed E-state index contributed by atoms with van der Waals surface area (Å²) < 4.78 is 32.8. The van der Waals surface area contributed by atoms with Gasteiger partial charge in [0.1, 0.15) is 6.10 Å². The lowest BCUT2D eigenvalue weighted by Crippen LogP contribution is -2.47. The van der Waals surface area contributed by atoms with Crippen LogP contribution in [0.15, 0.2) is 18.2 Å². The first-order valence-corrected chi connectivity index (χ1v) is 15.0. The van der Waals surface area contributed by atoms with Gasteiger partial charge in [-0.2, -0.15) is 0 Å². The van der Waals surface area contributed by atoms with Gasteiger partial charge >= 0.3 is 6.09 Å². The molecule has 220 valence electrons. The van der Waals surface area contributed by atoms with Gasteiger partial charge in [0, 0.05) is 63.3 Å². The first-order chi connectivity index (χ1) is 18.9. The second-order valence-electron chi connectivity index (χ2n) is 12.3. The topological polar surface area (TPSA) is 70.2 Å². The highest BCUT2D eigenvalue weighted by Gasteiger charge is 2.48. The molecule has 0 bridgehead atoms. The number of likely N-dealkylation sites (N-methyl/N-ethyl adjacent to an activating group) is 1. The molecule has 2 saturated carbocycles. The maximum Gasteiger partial charge on any atom is 0.410 e. The smallest absolute Gasteiger partial charge is 0.410 e. The number of hydrogen-bond acceptors (Lipinski definition) is 4. The molecule has 2 aliphatic heterocycles. The van der Waals surface area contributed by atoms with Crippen molar-refractivity contribution in [2.24, 2.45) is 11.3 Å². The molecule has 1 aromatic carbocycles. The van der Waals surface area contributed by atoms with E-state index < -0.39 is 24.2 Å². The lowest BCUT2D eigenvalue weighted by atomic mass is 9.93. The van der Waals surface area contributed by atoms with E-state index in [0.717, 1.165) is 18.4 Å². The number of likely N-dealkylation sites (tertiary alicyclic amines) is 2. The maximum atomic E-state index is 13.7. The molecule has 4 fully saturated rings. The standard InChI is InChI=1S/C29H37Cl2F2N3O4/c1-28(11-12-28)26(38)35-13-7-18(8-14-35)25(37)36-16-21(19-3-4-22(30)23(31)15-19)24(17-36)34(2)27(39)40-20-5-9-29(32,33)10-6-20/h3-4,15,18,20-21,24H,5-14,16-17H2,1-2H3/t21-,24+/m1/s1. The molecule has 0 radical (unpaired) electrons. The Morgan fingerprint density at radius 1 is 0.950 bits per heavy atom. The number of halogens is 4. The third kappa shape index (κ3) is 6.20. The van der Waals surface area contributed by atoms with Crippen LogP contribution in [0.2, 0.25) is 10.0 Å². The van der Waals surface area contributed by atoms with Crippen molar-refractivity contribution in [1.82, 2.24) is 14.7 Å². The van der Waals surface area contributed by atoms with Gasteiger partial charge in [-0.1, -0.05) is 36.2 Å². The summed E-state index contributed by atoms with van der Waals surface area (Å²) in [4.78, 5) is 44.8. The van der Waals surface area contributed by atoms with E-state index in [4.69, 9.17) is 27.9 Å². The number of nitrogens with zero attached hydrogens (tertiary/aromatic N) is 3. The molecular weight excluding hydrogens is 563 g/mol. The molecule has 1 aromatic rings. The average molecular weight is 601 g/mol. The van der Waals surface area contributed by atoms with E-state index in [9.17, 15) is 23.2 Å². The second-order valence-corrected chi connectivity index (χ2v) is 13.1. The summed E-state index contributed by atoms with van der Waals surface area (Å²) in [6, 6.07) is 4.93. The monoisotopic (exact) mass is 599 g/mol. The van der Waals surface area contributed by atoms with E-state index in [1.54, 1.807) is 24.1 Å². The summed E-state index contributed by atoms with van der Waals surface area (Å²) in [7, 11) is 1.63. The Kier molecular flexibility index (Phi) is 8.28. The molecule has 2 heterocycles. The van der Waals surface area contributed by atoms with Gasteiger partial charge in [-0.25, -0.2) is 13.6 Å². The Balaban J connectivity index is 1.26. The van der Waals surface area contributed by atoms with Crippen molar-refractivity contribution in [3.63, 3.8) is 0 Å². The van der Waals surface area contributed by atoms with Crippen LogP contribution in [0, 0.1) is 11.3 Å². The predicted octanol–water partition coefficient (Wildman–Crippen LogP) is 5.97. The molecule has 2 atom stereocenters. The highest BCUT2D eigenvalue weighted by atomic mass is 35.5. The number of carbonyl (C=O) groups is 3. The Hall–Kier alpha value is -2.13. The second kappa shape index (κ2) is 11.3. The van der Waals surface area contributed by atoms with Crippen molar-refractivity contribution < 1.29 is 27.9 Å². The number of rotatable bonds is 5. The predicted molar refractivity (Wildman–Crippen MR) is 148 cm³/mol. The summed E-state index contributed by atoms with van der Waals surface area (Å²) in [6.07, 6.45) is 1.61. The molecule has 0 spiro atoms. The van der Waals surface area contributed by atoms with Crippen LogP contribution >= 0.6 is 23.2 Å². The zero-order chi connectivity index (χ0) is 28.8. The normalized spacial score (nSPS) is 26.4. The van der Waals surface area contributed by atoms with E-state index in [2.05, 4.69) is 0 Å². The van der Waals surface area contributed by atoms with Crippen molar-refractivity contribution in [2.75, 3.05) is 33.2 Å². The lowest BCUT2D eigenvalue weighted by Gasteiger charge is -2.35. The molecule has 7 nitrogen and oxygen atoms in total. The molecule has 11 heteroatoms. The summed E-state index contributed by atoms with van der Waals surface area (Å²) in [5, 5.41) is 0.800. The van der Waals surface area contributed by atoms with Crippen molar-refractivity contribution in [2.45, 2.75) is 82.3 Å². The number of hydrogen-bond donors (Lipinski definition) is 0. The molecule has 0 unspecified atom stereocenters. The van der Waals surface area contributed by atoms with E-state index in [1.807, 2.05) is 17.9 Å². The quantitative estimate of drug-likeness (QED) is 0.418. The molecule has 3 amide bonds. The Morgan fingerprint density at radius 3 is 2.20 bits per heavy atom. The average Bonchev–Trinajstić information content (AvgIpc) is 3.53. The fourth-order valence-corrected chi connectivity index (χ4v) is 6.60. The third-order valence-electron chi connectivity index (χ3n) is 9.34. The molecule has 2 saturated heterocycles. The van der Waals surface area contributed by atoms with Gasteiger partial charge in [-0.05, 0) is 56.2 Å². The Morgan fingerprint density at radius 2 is 1.60 bits per heavy atom. The molecule has 2 aliphatic carbocycles. The van der Waals surface area contributed by atoms with Gasteiger partial charge in [0.15, 0.2) is 0 Å². The zero-order valence-electron chi connectivity index (χ0n) is 23.0. The fourth-order valence-electron chi connectivity index (χ4n) is 6.29. The van der Waals surface area contributed by atoms with Crippen molar-refractivity contribution >= 4 is 41.1 Å². The lowest BCUT2D eigenvalue weighted by molar-refractivity contribution is -0.142. The molecule has 40 heavy (non-hydrogen) atoms. The van der Waals surface area contributed by atoms with Gasteiger partial charge in [0.05, 0.1) is 16.1 Å². The molecule has 4 aliphatic rings. The summed E-state index contributed by atoms with van der Waals surface area (Å²) in [5.74, 6) is -2.91. The number of ether oxygens (including phenoxy) is 1. The van der Waals surface area contributed by atoms with Crippen LogP contribution in [-0.4, -0.2) is 83.9 Å². The molecule has 0 aromatic heterocycles. The van der Waals surface area contributed by atoms with Crippen LogP contribution in [0.25, 0.3) is 0 Å². The third-order valence-corrected chi connectivity index (χ3v) is 10.1. The summed E-state index contributed by atoms with van der Waals surface area (Å²) in [5.41, 5.74) is 0.633. The van der Waals surface area contributed by atoms with Gasteiger partial charge in [-0.15, -0.1) is 0 Å². The van der Waals surface area contributed by atoms with Crippen molar-refractivity contribution in [1.29, 1.82) is 0 Å². The van der Waals surface area contributed by atoms with Crippen LogP contribution in [0.5, 0.6) is 0 Å². The summed E-state index contributed by atoms with van der Waals surface area (Å²) >= 11 is 12.5. The molecule has 0 N–H and O–H groups in total. The number of alkyl halides is 2. The summed E-state index contributed by atoms with van der Waals surface area (Å²) in [6.45, 7) is 3.86. The van der Waals surface area contributed by atoms with Gasteiger partial charge < -0.3 is 19.4 Å². The van der Waals surface area contributed by atoms with Crippen molar-refractivity contribution in [3.8, 4) is 0 Å². The van der Waals surface area contributed by atoms with Crippen LogP contribution in [-0.2, 0) is 14.3 Å². The Labute approximate surface area is 244 Å². The molecule has 5 rings (SSSR count). The van der Waals surface area contributed by atoms with Crippen LogP contribution < -0.4 is 0 Å². The number of amides is 3. The van der Waals surface area contributed by atoms with Gasteiger partial charge in [0.25, 0.3) is 0 Å². The number of carbonyl (C=O) groups excluding carboxylic acids is 3. The van der Waals surface area contributed by atoms with E-state index in [-0.39, 0.29) is 54.7 Å². The van der Waals surface area contributed by atoms with Gasteiger partial charge in [0.2, 0.25) is 17.7 Å². The van der Waals surface area contributed by atoms with E-state index >= 15 is 0 Å². The van der Waals surface area contributed by atoms with Crippen molar-refractivity contribution in [3.05, 3.63) is 33.8 Å². The highest BCUT2D eigenvalue weighted by molar-refractivity contribution is 6.42.